The van der Waals surface area contributed by atoms with Crippen LogP contribution >= 0.6 is 0 Å². The number of pyridine rings is 1. The molecule has 2 heterocycles. The maximum atomic E-state index is 11.6. The molecule has 7 heteroatoms. The molecule has 0 radical (unpaired) electrons. The van der Waals surface area contributed by atoms with Gasteiger partial charge in [-0.15, -0.1) is 5.10 Å². The first-order valence-electron chi connectivity index (χ1n) is 6.06. The van der Waals surface area contributed by atoms with Crippen LogP contribution in [-0.4, -0.2) is 32.6 Å². The van der Waals surface area contributed by atoms with Gasteiger partial charge in [-0.2, -0.15) is 0 Å². The van der Waals surface area contributed by atoms with Crippen molar-refractivity contribution in [2.45, 2.75) is 19.9 Å². The lowest BCUT2D eigenvalue weighted by atomic mass is 10.4. The third kappa shape index (κ3) is 4.38. The second-order valence-corrected chi connectivity index (χ2v) is 4.06. The Morgan fingerprint density at radius 2 is 2.32 bits per heavy atom. The van der Waals surface area contributed by atoms with Gasteiger partial charge in [0.05, 0.1) is 6.20 Å². The molecule has 0 bridgehead atoms. The number of nitrogens with zero attached hydrogens (tertiary/aromatic N) is 4. The summed E-state index contributed by atoms with van der Waals surface area (Å²) in [4.78, 5) is 15.8. The maximum Gasteiger partial charge on any atom is 0.320 e. The van der Waals surface area contributed by atoms with E-state index in [2.05, 4.69) is 25.9 Å². The molecule has 0 saturated heterocycles. The number of aryl methyl sites for hydroxylation is 2. The molecule has 19 heavy (non-hydrogen) atoms. The minimum absolute atomic E-state index is 0.253. The number of anilines is 1. The van der Waals surface area contributed by atoms with Crippen LogP contribution in [0, 0.1) is 6.92 Å². The highest BCUT2D eigenvalue weighted by Gasteiger charge is 2.01. The van der Waals surface area contributed by atoms with E-state index in [-0.39, 0.29) is 6.03 Å². The monoisotopic (exact) mass is 260 g/mol. The normalized spacial score (nSPS) is 10.2. The standard InChI is InChI=1S/C12H16N6O/c1-10-4-2-5-11(15-10)16-12(19)13-6-3-8-18-9-7-14-17-18/h2,4-5,7,9H,3,6,8H2,1H3,(H2,13,15,16,19). The van der Waals surface area contributed by atoms with Gasteiger partial charge in [0.1, 0.15) is 5.82 Å². The molecule has 2 aromatic rings. The molecule has 0 atom stereocenters. The van der Waals surface area contributed by atoms with Gasteiger partial charge in [0.15, 0.2) is 0 Å². The summed E-state index contributed by atoms with van der Waals surface area (Å²) in [6, 6.07) is 5.22. The fourth-order valence-corrected chi connectivity index (χ4v) is 1.57. The second-order valence-electron chi connectivity index (χ2n) is 4.06. The Balaban J connectivity index is 1.67. The third-order valence-corrected chi connectivity index (χ3v) is 2.45. The summed E-state index contributed by atoms with van der Waals surface area (Å²) in [5.41, 5.74) is 0.865. The summed E-state index contributed by atoms with van der Waals surface area (Å²) in [5.74, 6) is 0.550. The van der Waals surface area contributed by atoms with Crippen LogP contribution in [0.4, 0.5) is 10.6 Å². The molecule has 2 aromatic heterocycles. The summed E-state index contributed by atoms with van der Waals surface area (Å²) < 4.78 is 1.72. The number of hydrogen-bond acceptors (Lipinski definition) is 4. The van der Waals surface area contributed by atoms with Crippen molar-refractivity contribution in [1.29, 1.82) is 0 Å². The molecule has 7 nitrogen and oxygen atoms in total. The van der Waals surface area contributed by atoms with Gasteiger partial charge >= 0.3 is 6.03 Å². The first-order valence-corrected chi connectivity index (χ1v) is 6.06. The largest absolute Gasteiger partial charge is 0.338 e. The molecule has 2 N–H and O–H groups in total. The summed E-state index contributed by atoms with van der Waals surface area (Å²) in [6.07, 6.45) is 4.21. The summed E-state index contributed by atoms with van der Waals surface area (Å²) in [5, 5.41) is 13.0. The van der Waals surface area contributed by atoms with E-state index in [0.29, 0.717) is 12.4 Å². The molecule has 100 valence electrons. The van der Waals surface area contributed by atoms with E-state index in [9.17, 15) is 4.79 Å². The van der Waals surface area contributed by atoms with Gasteiger partial charge in [0.2, 0.25) is 0 Å². The zero-order valence-corrected chi connectivity index (χ0v) is 10.7. The number of rotatable bonds is 5. The molecule has 0 aliphatic heterocycles. The van der Waals surface area contributed by atoms with Crippen molar-refractivity contribution in [1.82, 2.24) is 25.3 Å². The lowest BCUT2D eigenvalue weighted by molar-refractivity contribution is 0.251. The predicted molar refractivity (Wildman–Crippen MR) is 70.6 cm³/mol. The number of carbonyl (C=O) groups is 1. The summed E-state index contributed by atoms with van der Waals surface area (Å²) in [6.45, 7) is 3.17. The van der Waals surface area contributed by atoms with E-state index < -0.39 is 0 Å². The number of hydrogen-bond donors (Lipinski definition) is 2. The van der Waals surface area contributed by atoms with Gasteiger partial charge in [0.25, 0.3) is 0 Å². The molecule has 2 rings (SSSR count). The average Bonchev–Trinajstić information content (AvgIpc) is 2.88. The Morgan fingerprint density at radius 1 is 1.42 bits per heavy atom. The Labute approximate surface area is 111 Å². The molecule has 0 aromatic carbocycles. The van der Waals surface area contributed by atoms with E-state index in [1.807, 2.05) is 19.1 Å². The van der Waals surface area contributed by atoms with Crippen molar-refractivity contribution in [3.8, 4) is 0 Å². The third-order valence-electron chi connectivity index (χ3n) is 2.45. The highest BCUT2D eigenvalue weighted by atomic mass is 16.2. The van der Waals surface area contributed by atoms with Gasteiger partial charge < -0.3 is 5.32 Å². The fraction of sp³-hybridized carbons (Fsp3) is 0.333. The highest BCUT2D eigenvalue weighted by Crippen LogP contribution is 2.03. The topological polar surface area (TPSA) is 84.7 Å². The van der Waals surface area contributed by atoms with Crippen molar-refractivity contribution in [2.75, 3.05) is 11.9 Å². The molecule has 2 amide bonds. The van der Waals surface area contributed by atoms with E-state index in [1.165, 1.54) is 0 Å². The molecule has 0 fully saturated rings. The number of aromatic nitrogens is 4. The quantitative estimate of drug-likeness (QED) is 0.791. The Bertz CT molecular complexity index is 525. The summed E-state index contributed by atoms with van der Waals surface area (Å²) in [7, 11) is 0. The van der Waals surface area contributed by atoms with Crippen LogP contribution in [0.3, 0.4) is 0 Å². The van der Waals surface area contributed by atoms with Crippen molar-refractivity contribution in [3.05, 3.63) is 36.3 Å². The highest BCUT2D eigenvalue weighted by molar-refractivity contribution is 5.88. The Morgan fingerprint density at radius 3 is 3.05 bits per heavy atom. The lowest BCUT2D eigenvalue weighted by Gasteiger charge is -2.07. The first kappa shape index (κ1) is 13.0. The van der Waals surface area contributed by atoms with Gasteiger partial charge in [-0.05, 0) is 25.5 Å². The van der Waals surface area contributed by atoms with Crippen LogP contribution in [0.2, 0.25) is 0 Å². The van der Waals surface area contributed by atoms with Gasteiger partial charge in [-0.25, -0.2) is 9.78 Å². The number of amides is 2. The van der Waals surface area contributed by atoms with Crippen molar-refractivity contribution < 1.29 is 4.79 Å². The Hall–Kier alpha value is -2.44. The van der Waals surface area contributed by atoms with Crippen molar-refractivity contribution >= 4 is 11.8 Å². The van der Waals surface area contributed by atoms with Crippen molar-refractivity contribution in [2.24, 2.45) is 0 Å². The zero-order valence-electron chi connectivity index (χ0n) is 10.7. The van der Waals surface area contributed by atoms with E-state index in [1.54, 1.807) is 23.1 Å². The lowest BCUT2D eigenvalue weighted by Crippen LogP contribution is -2.30. The van der Waals surface area contributed by atoms with E-state index in [0.717, 1.165) is 18.7 Å². The summed E-state index contributed by atoms with van der Waals surface area (Å²) >= 11 is 0. The molecular formula is C12H16N6O. The molecular weight excluding hydrogens is 244 g/mol. The van der Waals surface area contributed by atoms with Crippen LogP contribution in [0.5, 0.6) is 0 Å². The second kappa shape index (κ2) is 6.48. The smallest absolute Gasteiger partial charge is 0.320 e. The molecule has 0 saturated carbocycles. The number of urea groups is 1. The van der Waals surface area contributed by atoms with Crippen LogP contribution in [0.25, 0.3) is 0 Å². The number of nitrogens with one attached hydrogen (secondary N) is 2. The van der Waals surface area contributed by atoms with E-state index in [4.69, 9.17) is 0 Å². The van der Waals surface area contributed by atoms with Crippen molar-refractivity contribution in [3.63, 3.8) is 0 Å². The van der Waals surface area contributed by atoms with Crippen LogP contribution in [-0.2, 0) is 6.54 Å². The zero-order chi connectivity index (χ0) is 13.5. The van der Waals surface area contributed by atoms with Crippen LogP contribution in [0.1, 0.15) is 12.1 Å². The first-order chi connectivity index (χ1) is 9.24. The van der Waals surface area contributed by atoms with Crippen LogP contribution in [0.15, 0.2) is 30.6 Å². The van der Waals surface area contributed by atoms with Gasteiger partial charge in [0, 0.05) is 25.0 Å². The van der Waals surface area contributed by atoms with Gasteiger partial charge in [-0.3, -0.25) is 10.00 Å². The minimum atomic E-state index is -0.253. The Kier molecular flexibility index (Phi) is 4.44. The average molecular weight is 260 g/mol. The fourth-order valence-electron chi connectivity index (χ4n) is 1.57. The molecule has 0 spiro atoms. The van der Waals surface area contributed by atoms with E-state index >= 15 is 0 Å². The predicted octanol–water partition coefficient (Wildman–Crippen LogP) is 1.19. The molecule has 0 unspecified atom stereocenters. The maximum absolute atomic E-state index is 11.6. The SMILES string of the molecule is Cc1cccc(NC(=O)NCCCn2ccnn2)n1. The molecule has 0 aliphatic rings. The number of carbonyl (C=O) groups excluding carboxylic acids is 1. The van der Waals surface area contributed by atoms with Crippen LogP contribution < -0.4 is 10.6 Å². The molecule has 0 aliphatic carbocycles. The minimum Gasteiger partial charge on any atom is -0.338 e. The van der Waals surface area contributed by atoms with Gasteiger partial charge in [-0.1, -0.05) is 11.3 Å².